The van der Waals surface area contributed by atoms with Crippen LogP contribution >= 0.6 is 0 Å². The molecule has 0 amide bonds. The van der Waals surface area contributed by atoms with E-state index in [-0.39, 0.29) is 0 Å². The highest BCUT2D eigenvalue weighted by Crippen LogP contribution is 2.21. The minimum Gasteiger partial charge on any atom is -0.505 e. The van der Waals surface area contributed by atoms with Gasteiger partial charge in [0.25, 0.3) is 0 Å². The highest BCUT2D eigenvalue weighted by Gasteiger charge is 2.09. The standard InChI is InChI=1S/C17H19NO/c1-2-13-18-16(14-9-5-3-6-10-14)17(19)15-11-7-4-8-12-15/h3-12,18-19H,2,13H2,1H3/b17-16-. The maximum Gasteiger partial charge on any atom is 0.146 e. The highest BCUT2D eigenvalue weighted by atomic mass is 16.3. The molecule has 0 spiro atoms. The van der Waals surface area contributed by atoms with Crippen LogP contribution in [0.25, 0.3) is 11.5 Å². The highest BCUT2D eigenvalue weighted by molar-refractivity contribution is 5.85. The van der Waals surface area contributed by atoms with Crippen molar-refractivity contribution in [2.75, 3.05) is 6.54 Å². The Morgan fingerprint density at radius 3 is 1.95 bits per heavy atom. The van der Waals surface area contributed by atoms with Crippen LogP contribution in [0.5, 0.6) is 0 Å². The lowest BCUT2D eigenvalue weighted by molar-refractivity contribution is 0.510. The molecule has 19 heavy (non-hydrogen) atoms. The second-order valence-corrected chi connectivity index (χ2v) is 4.38. The molecular weight excluding hydrogens is 234 g/mol. The zero-order valence-corrected chi connectivity index (χ0v) is 11.1. The second-order valence-electron chi connectivity index (χ2n) is 4.38. The third-order valence-electron chi connectivity index (χ3n) is 2.90. The van der Waals surface area contributed by atoms with E-state index in [1.54, 1.807) is 0 Å². The SMILES string of the molecule is CCCN/C(=C(\O)c1ccccc1)c1ccccc1. The van der Waals surface area contributed by atoms with Gasteiger partial charge in [0, 0.05) is 17.7 Å². The summed E-state index contributed by atoms with van der Waals surface area (Å²) in [7, 11) is 0. The van der Waals surface area contributed by atoms with E-state index in [9.17, 15) is 5.11 Å². The smallest absolute Gasteiger partial charge is 0.146 e. The molecule has 0 unspecified atom stereocenters. The fourth-order valence-electron chi connectivity index (χ4n) is 1.92. The lowest BCUT2D eigenvalue weighted by Gasteiger charge is -2.13. The number of benzene rings is 2. The molecule has 2 heteroatoms. The molecule has 0 fully saturated rings. The Hall–Kier alpha value is -2.22. The van der Waals surface area contributed by atoms with E-state index in [4.69, 9.17) is 0 Å². The van der Waals surface area contributed by atoms with Gasteiger partial charge in [0.1, 0.15) is 5.76 Å². The maximum absolute atomic E-state index is 10.5. The molecule has 0 atom stereocenters. The second kappa shape index (κ2) is 6.64. The van der Waals surface area contributed by atoms with Gasteiger partial charge in [-0.1, -0.05) is 67.6 Å². The van der Waals surface area contributed by atoms with Crippen molar-refractivity contribution in [3.8, 4) is 0 Å². The molecule has 0 aliphatic carbocycles. The van der Waals surface area contributed by atoms with E-state index in [1.807, 2.05) is 60.7 Å². The number of aliphatic hydroxyl groups excluding tert-OH is 1. The number of rotatable bonds is 5. The van der Waals surface area contributed by atoms with Gasteiger partial charge in [-0.25, -0.2) is 0 Å². The molecule has 0 aliphatic heterocycles. The Morgan fingerprint density at radius 1 is 0.895 bits per heavy atom. The molecule has 0 saturated carbocycles. The van der Waals surface area contributed by atoms with Gasteiger partial charge in [0.05, 0.1) is 5.70 Å². The van der Waals surface area contributed by atoms with Crippen LogP contribution in [0.4, 0.5) is 0 Å². The van der Waals surface area contributed by atoms with Crippen LogP contribution in [0.15, 0.2) is 60.7 Å². The largest absolute Gasteiger partial charge is 0.505 e. The topological polar surface area (TPSA) is 32.3 Å². The van der Waals surface area contributed by atoms with Gasteiger partial charge >= 0.3 is 0 Å². The van der Waals surface area contributed by atoms with E-state index in [0.717, 1.165) is 29.8 Å². The quantitative estimate of drug-likeness (QED) is 0.622. The first-order valence-electron chi connectivity index (χ1n) is 6.61. The minimum atomic E-state index is 0.292. The average molecular weight is 253 g/mol. The minimum absolute atomic E-state index is 0.292. The molecule has 2 nitrogen and oxygen atoms in total. The van der Waals surface area contributed by atoms with Crippen molar-refractivity contribution in [3.63, 3.8) is 0 Å². The van der Waals surface area contributed by atoms with Crippen molar-refractivity contribution in [1.82, 2.24) is 5.32 Å². The van der Waals surface area contributed by atoms with Gasteiger partial charge in [-0.15, -0.1) is 0 Å². The zero-order valence-electron chi connectivity index (χ0n) is 11.1. The number of hydrogen-bond acceptors (Lipinski definition) is 2. The fourth-order valence-corrected chi connectivity index (χ4v) is 1.92. The van der Waals surface area contributed by atoms with Crippen molar-refractivity contribution in [2.24, 2.45) is 0 Å². The normalized spacial score (nSPS) is 11.8. The number of hydrogen-bond donors (Lipinski definition) is 2. The fraction of sp³-hybridized carbons (Fsp3) is 0.176. The molecule has 0 aliphatic rings. The van der Waals surface area contributed by atoms with E-state index in [1.165, 1.54) is 0 Å². The van der Waals surface area contributed by atoms with Crippen LogP contribution in [0.2, 0.25) is 0 Å². The van der Waals surface area contributed by atoms with Gasteiger partial charge < -0.3 is 10.4 Å². The Bertz CT molecular complexity index is 532. The Kier molecular flexibility index (Phi) is 4.62. The summed E-state index contributed by atoms with van der Waals surface area (Å²) in [4.78, 5) is 0. The summed E-state index contributed by atoms with van der Waals surface area (Å²) in [6.07, 6.45) is 1.01. The molecule has 0 aromatic heterocycles. The summed E-state index contributed by atoms with van der Waals surface area (Å²) in [6.45, 7) is 2.94. The summed E-state index contributed by atoms with van der Waals surface area (Å²) in [5.41, 5.74) is 2.61. The number of aliphatic hydroxyl groups is 1. The molecule has 2 rings (SSSR count). The molecule has 98 valence electrons. The van der Waals surface area contributed by atoms with Crippen LogP contribution in [0.1, 0.15) is 24.5 Å². The molecule has 2 aromatic carbocycles. The zero-order chi connectivity index (χ0) is 13.5. The van der Waals surface area contributed by atoms with Crippen molar-refractivity contribution >= 4 is 11.5 Å². The van der Waals surface area contributed by atoms with Crippen molar-refractivity contribution < 1.29 is 5.11 Å². The van der Waals surface area contributed by atoms with E-state index < -0.39 is 0 Å². The van der Waals surface area contributed by atoms with Crippen LogP contribution in [0.3, 0.4) is 0 Å². The summed E-state index contributed by atoms with van der Waals surface area (Å²) < 4.78 is 0. The Labute approximate surface area is 114 Å². The maximum atomic E-state index is 10.5. The van der Waals surface area contributed by atoms with Crippen molar-refractivity contribution in [2.45, 2.75) is 13.3 Å². The van der Waals surface area contributed by atoms with Gasteiger partial charge in [-0.05, 0) is 6.42 Å². The molecule has 2 N–H and O–H groups in total. The van der Waals surface area contributed by atoms with Crippen LogP contribution in [-0.4, -0.2) is 11.7 Å². The van der Waals surface area contributed by atoms with E-state index in [2.05, 4.69) is 12.2 Å². The first-order valence-corrected chi connectivity index (χ1v) is 6.61. The van der Waals surface area contributed by atoms with Crippen molar-refractivity contribution in [1.29, 1.82) is 0 Å². The van der Waals surface area contributed by atoms with Gasteiger partial charge in [-0.3, -0.25) is 0 Å². The molecule has 0 bridgehead atoms. The molecule has 0 saturated heterocycles. The summed E-state index contributed by atoms with van der Waals surface area (Å²) in [5, 5.41) is 13.8. The molecular formula is C17H19NO. The monoisotopic (exact) mass is 253 g/mol. The first kappa shape index (κ1) is 13.2. The third-order valence-corrected chi connectivity index (χ3v) is 2.90. The van der Waals surface area contributed by atoms with Crippen molar-refractivity contribution in [3.05, 3.63) is 71.8 Å². The van der Waals surface area contributed by atoms with Gasteiger partial charge in [0.15, 0.2) is 0 Å². The lowest BCUT2D eigenvalue weighted by atomic mass is 10.1. The van der Waals surface area contributed by atoms with E-state index >= 15 is 0 Å². The Balaban J connectivity index is 2.42. The summed E-state index contributed by atoms with van der Waals surface area (Å²) >= 11 is 0. The summed E-state index contributed by atoms with van der Waals surface area (Å²) in [6, 6.07) is 19.5. The van der Waals surface area contributed by atoms with Gasteiger partial charge in [-0.2, -0.15) is 0 Å². The molecule has 2 aromatic rings. The van der Waals surface area contributed by atoms with E-state index in [0.29, 0.717) is 5.76 Å². The lowest BCUT2D eigenvalue weighted by Crippen LogP contribution is -2.15. The van der Waals surface area contributed by atoms with Crippen LogP contribution in [-0.2, 0) is 0 Å². The molecule has 0 heterocycles. The first-order chi connectivity index (χ1) is 9.33. The van der Waals surface area contributed by atoms with Crippen LogP contribution in [0, 0.1) is 0 Å². The predicted molar refractivity (Wildman–Crippen MR) is 80.6 cm³/mol. The van der Waals surface area contributed by atoms with Gasteiger partial charge in [0.2, 0.25) is 0 Å². The third kappa shape index (κ3) is 3.38. The predicted octanol–water partition coefficient (Wildman–Crippen LogP) is 4.07. The summed E-state index contributed by atoms with van der Waals surface area (Å²) in [5.74, 6) is 0.292. The average Bonchev–Trinajstić information content (AvgIpc) is 2.49. The number of nitrogens with one attached hydrogen (secondary N) is 1. The van der Waals surface area contributed by atoms with Crippen LogP contribution < -0.4 is 5.32 Å². The Morgan fingerprint density at radius 2 is 1.42 bits per heavy atom. The molecule has 0 radical (unpaired) electrons.